The molecule has 1 atom stereocenters. The Kier molecular flexibility index (Phi) is 4.15. The van der Waals surface area contributed by atoms with Crippen LogP contribution in [-0.2, 0) is 6.54 Å². The molecule has 1 aromatic carbocycles. The first kappa shape index (κ1) is 13.7. The molecule has 0 radical (unpaired) electrons. The average molecular weight is 287 g/mol. The van der Waals surface area contributed by atoms with Gasteiger partial charge in [0.1, 0.15) is 5.01 Å². The van der Waals surface area contributed by atoms with Crippen molar-refractivity contribution in [3.8, 4) is 0 Å². The second kappa shape index (κ2) is 6.04. The molecule has 0 aliphatic carbocycles. The fraction of sp³-hybridized carbons (Fsp3) is 0.438. The van der Waals surface area contributed by atoms with Crippen LogP contribution in [0.1, 0.15) is 40.7 Å². The van der Waals surface area contributed by atoms with Crippen LogP contribution in [0.25, 0.3) is 0 Å². The Balaban J connectivity index is 1.98. The van der Waals surface area contributed by atoms with Gasteiger partial charge >= 0.3 is 0 Å². The molecule has 0 saturated carbocycles. The molecule has 0 amide bonds. The summed E-state index contributed by atoms with van der Waals surface area (Å²) in [5.74, 6) is 0. The largest absolute Gasteiger partial charge is 0.325 e. The lowest BCUT2D eigenvalue weighted by Crippen LogP contribution is -2.26. The summed E-state index contributed by atoms with van der Waals surface area (Å²) >= 11 is 1.74. The fourth-order valence-electron chi connectivity index (χ4n) is 2.89. The molecular formula is C16H21N3S. The standard InChI is InChI=1S/C16H21N3S/c1-12-5-4-6-13(9-12)15(19-7-2-3-8-19)16-18-14(10-17)11-20-16/h4-6,9,11,15H,2-3,7-8,10,17H2,1H3. The highest BCUT2D eigenvalue weighted by Crippen LogP contribution is 2.33. The van der Waals surface area contributed by atoms with Gasteiger partial charge in [-0.25, -0.2) is 4.98 Å². The number of aromatic nitrogens is 1. The number of benzene rings is 1. The molecule has 20 heavy (non-hydrogen) atoms. The van der Waals surface area contributed by atoms with Crippen molar-refractivity contribution in [2.24, 2.45) is 5.73 Å². The first-order valence-electron chi connectivity index (χ1n) is 7.23. The smallest absolute Gasteiger partial charge is 0.115 e. The summed E-state index contributed by atoms with van der Waals surface area (Å²) in [6, 6.07) is 9.09. The van der Waals surface area contributed by atoms with Crippen molar-refractivity contribution in [1.29, 1.82) is 0 Å². The van der Waals surface area contributed by atoms with Gasteiger partial charge in [-0.05, 0) is 38.4 Å². The lowest BCUT2D eigenvalue weighted by Gasteiger charge is -2.26. The molecule has 2 aromatic rings. The van der Waals surface area contributed by atoms with E-state index >= 15 is 0 Å². The number of rotatable bonds is 4. The lowest BCUT2D eigenvalue weighted by molar-refractivity contribution is 0.280. The van der Waals surface area contributed by atoms with Crippen LogP contribution in [0.5, 0.6) is 0 Å². The molecule has 4 heteroatoms. The maximum atomic E-state index is 5.71. The first-order valence-corrected chi connectivity index (χ1v) is 8.11. The molecule has 106 valence electrons. The highest BCUT2D eigenvalue weighted by molar-refractivity contribution is 7.09. The number of aryl methyl sites for hydroxylation is 1. The molecule has 1 aliphatic heterocycles. The summed E-state index contributed by atoms with van der Waals surface area (Å²) in [6.07, 6.45) is 2.58. The van der Waals surface area contributed by atoms with Gasteiger partial charge in [0.25, 0.3) is 0 Å². The molecule has 1 unspecified atom stereocenters. The van der Waals surface area contributed by atoms with Gasteiger partial charge in [0.15, 0.2) is 0 Å². The summed E-state index contributed by atoms with van der Waals surface area (Å²) in [4.78, 5) is 7.28. The van der Waals surface area contributed by atoms with E-state index in [1.165, 1.54) is 29.0 Å². The van der Waals surface area contributed by atoms with Gasteiger partial charge in [0, 0.05) is 11.9 Å². The molecule has 2 N–H and O–H groups in total. The Morgan fingerprint density at radius 2 is 2.15 bits per heavy atom. The van der Waals surface area contributed by atoms with Gasteiger partial charge in [-0.2, -0.15) is 0 Å². The monoisotopic (exact) mass is 287 g/mol. The van der Waals surface area contributed by atoms with E-state index in [9.17, 15) is 0 Å². The maximum absolute atomic E-state index is 5.71. The van der Waals surface area contributed by atoms with E-state index in [1.807, 2.05) is 0 Å². The summed E-state index contributed by atoms with van der Waals surface area (Å²) in [7, 11) is 0. The Hall–Kier alpha value is -1.23. The Morgan fingerprint density at radius 1 is 1.35 bits per heavy atom. The van der Waals surface area contributed by atoms with E-state index in [0.29, 0.717) is 12.6 Å². The maximum Gasteiger partial charge on any atom is 0.115 e. The highest BCUT2D eigenvalue weighted by atomic mass is 32.1. The second-order valence-electron chi connectivity index (χ2n) is 5.44. The molecule has 0 bridgehead atoms. The minimum absolute atomic E-state index is 0.294. The van der Waals surface area contributed by atoms with Crippen molar-refractivity contribution in [3.63, 3.8) is 0 Å². The molecule has 3 nitrogen and oxygen atoms in total. The molecule has 1 aromatic heterocycles. The van der Waals surface area contributed by atoms with Crippen LogP contribution in [0, 0.1) is 6.92 Å². The van der Waals surface area contributed by atoms with Crippen molar-refractivity contribution in [1.82, 2.24) is 9.88 Å². The van der Waals surface area contributed by atoms with Crippen molar-refractivity contribution in [3.05, 3.63) is 51.5 Å². The van der Waals surface area contributed by atoms with Gasteiger partial charge in [-0.15, -0.1) is 11.3 Å². The lowest BCUT2D eigenvalue weighted by atomic mass is 10.0. The van der Waals surface area contributed by atoms with E-state index in [0.717, 1.165) is 18.8 Å². The number of hydrogen-bond acceptors (Lipinski definition) is 4. The second-order valence-corrected chi connectivity index (χ2v) is 6.33. The highest BCUT2D eigenvalue weighted by Gasteiger charge is 2.27. The topological polar surface area (TPSA) is 42.1 Å². The molecule has 1 saturated heterocycles. The first-order chi connectivity index (χ1) is 9.78. The van der Waals surface area contributed by atoms with Crippen LogP contribution in [0.2, 0.25) is 0 Å². The predicted molar refractivity (Wildman–Crippen MR) is 83.8 cm³/mol. The Labute approximate surface area is 124 Å². The predicted octanol–water partition coefficient (Wildman–Crippen LogP) is 3.10. The van der Waals surface area contributed by atoms with Crippen LogP contribution in [0.4, 0.5) is 0 Å². The van der Waals surface area contributed by atoms with Gasteiger partial charge in [0.2, 0.25) is 0 Å². The van der Waals surface area contributed by atoms with E-state index in [1.54, 1.807) is 11.3 Å². The van der Waals surface area contributed by atoms with Crippen molar-refractivity contribution < 1.29 is 0 Å². The zero-order chi connectivity index (χ0) is 13.9. The van der Waals surface area contributed by atoms with E-state index < -0.39 is 0 Å². The molecule has 1 aliphatic rings. The normalized spacial score (nSPS) is 17.5. The molecule has 0 spiro atoms. The van der Waals surface area contributed by atoms with Crippen molar-refractivity contribution in [2.45, 2.75) is 32.4 Å². The SMILES string of the molecule is Cc1cccc(C(c2nc(CN)cs2)N2CCCC2)c1. The average Bonchev–Trinajstić information content (AvgIpc) is 3.11. The molecule has 3 rings (SSSR count). The number of hydrogen-bond donors (Lipinski definition) is 1. The zero-order valence-corrected chi connectivity index (χ0v) is 12.7. The summed E-state index contributed by atoms with van der Waals surface area (Å²) < 4.78 is 0. The van der Waals surface area contributed by atoms with Gasteiger partial charge in [-0.1, -0.05) is 29.8 Å². The quantitative estimate of drug-likeness (QED) is 0.939. The molecule has 2 heterocycles. The van der Waals surface area contributed by atoms with Crippen molar-refractivity contribution >= 4 is 11.3 Å². The van der Waals surface area contributed by atoms with Crippen LogP contribution in [0.15, 0.2) is 29.6 Å². The summed E-state index contributed by atoms with van der Waals surface area (Å²) in [6.45, 7) is 5.00. The number of likely N-dealkylation sites (tertiary alicyclic amines) is 1. The van der Waals surface area contributed by atoms with Gasteiger partial charge in [-0.3, -0.25) is 4.90 Å². The third-order valence-corrected chi connectivity index (χ3v) is 4.82. The third kappa shape index (κ3) is 2.77. The van der Waals surface area contributed by atoms with E-state index in [-0.39, 0.29) is 0 Å². The third-order valence-electron chi connectivity index (χ3n) is 3.88. The Bertz CT molecular complexity index is 573. The summed E-state index contributed by atoms with van der Waals surface area (Å²) in [5.41, 5.74) is 9.37. The van der Waals surface area contributed by atoms with E-state index in [2.05, 4.69) is 41.5 Å². The van der Waals surface area contributed by atoms with Gasteiger partial charge in [0.05, 0.1) is 11.7 Å². The minimum Gasteiger partial charge on any atom is -0.325 e. The number of nitrogens with two attached hydrogens (primary N) is 1. The van der Waals surface area contributed by atoms with E-state index in [4.69, 9.17) is 10.7 Å². The fourth-order valence-corrected chi connectivity index (χ4v) is 3.88. The van der Waals surface area contributed by atoms with Crippen LogP contribution in [-0.4, -0.2) is 23.0 Å². The van der Waals surface area contributed by atoms with Gasteiger partial charge < -0.3 is 5.73 Å². The number of thiazole rings is 1. The number of nitrogens with zero attached hydrogens (tertiary/aromatic N) is 2. The van der Waals surface area contributed by atoms with Crippen LogP contribution < -0.4 is 5.73 Å². The molecular weight excluding hydrogens is 266 g/mol. The van der Waals surface area contributed by atoms with Crippen LogP contribution in [0.3, 0.4) is 0 Å². The van der Waals surface area contributed by atoms with Crippen LogP contribution >= 0.6 is 11.3 Å². The summed E-state index contributed by atoms with van der Waals surface area (Å²) in [5, 5.41) is 3.27. The minimum atomic E-state index is 0.294. The zero-order valence-electron chi connectivity index (χ0n) is 11.9. The van der Waals surface area contributed by atoms with Crippen molar-refractivity contribution in [2.75, 3.05) is 13.1 Å². The Morgan fingerprint density at radius 3 is 2.80 bits per heavy atom. The molecule has 1 fully saturated rings.